The minimum Gasteiger partial charge on any atom is -0.463 e. The number of hydrogen-bond acceptors (Lipinski definition) is 3. The number of urea groups is 1. The third kappa shape index (κ3) is 5.23. The topological polar surface area (TPSA) is 84.0 Å². The fraction of sp³-hybridized carbons (Fsp3) is 0.778. The van der Waals surface area contributed by atoms with E-state index in [1.54, 1.807) is 6.92 Å². The molecule has 1 aliphatic heterocycles. The van der Waals surface area contributed by atoms with Crippen molar-refractivity contribution in [3.63, 3.8) is 0 Å². The van der Waals surface area contributed by atoms with E-state index in [0.29, 0.717) is 36.9 Å². The summed E-state index contributed by atoms with van der Waals surface area (Å²) in [5, 5.41) is 7.94. The number of amides is 2. The van der Waals surface area contributed by atoms with Gasteiger partial charge in [0.2, 0.25) is 0 Å². The SMILES string of the molecule is CCOC(=O)C1=C(C[NH2+]C2CCCCCCC2)NC(=O)N[C@@H]1CC. The monoisotopic (exact) mass is 338 g/mol. The van der Waals surface area contributed by atoms with E-state index < -0.39 is 0 Å². The molecule has 1 heterocycles. The molecular formula is C18H32N3O3+. The Hall–Kier alpha value is -1.56. The number of rotatable bonds is 6. The van der Waals surface area contributed by atoms with Crippen LogP contribution in [0.4, 0.5) is 4.79 Å². The molecule has 0 radical (unpaired) electrons. The van der Waals surface area contributed by atoms with Gasteiger partial charge < -0.3 is 20.7 Å². The van der Waals surface area contributed by atoms with Crippen LogP contribution >= 0.6 is 0 Å². The van der Waals surface area contributed by atoms with E-state index in [4.69, 9.17) is 4.74 Å². The second kappa shape index (κ2) is 9.67. The second-order valence-corrected chi connectivity index (χ2v) is 6.72. The molecule has 4 N–H and O–H groups in total. The highest BCUT2D eigenvalue weighted by Crippen LogP contribution is 2.17. The fourth-order valence-electron chi connectivity index (χ4n) is 3.63. The summed E-state index contributed by atoms with van der Waals surface area (Å²) in [7, 11) is 0. The molecule has 0 aromatic heterocycles. The third-order valence-electron chi connectivity index (χ3n) is 4.95. The lowest BCUT2D eigenvalue weighted by Gasteiger charge is -2.28. The predicted octanol–water partition coefficient (Wildman–Crippen LogP) is 1.57. The predicted molar refractivity (Wildman–Crippen MR) is 92.3 cm³/mol. The van der Waals surface area contributed by atoms with E-state index in [1.807, 2.05) is 6.92 Å². The Morgan fingerprint density at radius 2 is 1.83 bits per heavy atom. The molecule has 136 valence electrons. The van der Waals surface area contributed by atoms with Crippen LogP contribution in [0, 0.1) is 0 Å². The molecular weight excluding hydrogens is 306 g/mol. The molecule has 0 spiro atoms. The van der Waals surface area contributed by atoms with Crippen LogP contribution in [0.2, 0.25) is 0 Å². The van der Waals surface area contributed by atoms with Crippen LogP contribution in [0.25, 0.3) is 0 Å². The standard InChI is InChI=1S/C18H31N3O3/c1-3-14-16(17(22)24-4-2)15(21-18(23)20-14)12-19-13-10-8-6-5-7-9-11-13/h13-14,19H,3-12H2,1-2H3,(H2,20,21,23)/p+1/t14-/m1/s1. The van der Waals surface area contributed by atoms with Crippen molar-refractivity contribution in [2.24, 2.45) is 0 Å². The van der Waals surface area contributed by atoms with Crippen molar-refractivity contribution in [3.05, 3.63) is 11.3 Å². The molecule has 0 bridgehead atoms. The summed E-state index contributed by atoms with van der Waals surface area (Å²) in [5.74, 6) is -0.321. The zero-order valence-electron chi connectivity index (χ0n) is 15.0. The molecule has 0 aromatic rings. The molecule has 2 amide bonds. The van der Waals surface area contributed by atoms with Crippen LogP contribution in [-0.4, -0.2) is 37.2 Å². The summed E-state index contributed by atoms with van der Waals surface area (Å²) in [6, 6.07) is 0.0857. The van der Waals surface area contributed by atoms with Crippen molar-refractivity contribution in [2.75, 3.05) is 13.2 Å². The Balaban J connectivity index is 2.08. The number of nitrogens with two attached hydrogens (primary N) is 1. The lowest BCUT2D eigenvalue weighted by molar-refractivity contribution is -0.684. The zero-order chi connectivity index (χ0) is 17.4. The summed E-state index contributed by atoms with van der Waals surface area (Å²) in [6.07, 6.45) is 9.64. The van der Waals surface area contributed by atoms with Gasteiger partial charge >= 0.3 is 12.0 Å². The van der Waals surface area contributed by atoms with Crippen LogP contribution in [0.5, 0.6) is 0 Å². The van der Waals surface area contributed by atoms with E-state index in [0.717, 1.165) is 0 Å². The van der Waals surface area contributed by atoms with Crippen molar-refractivity contribution < 1.29 is 19.6 Å². The van der Waals surface area contributed by atoms with Crippen molar-refractivity contribution in [3.8, 4) is 0 Å². The quantitative estimate of drug-likeness (QED) is 0.643. The highest BCUT2D eigenvalue weighted by atomic mass is 16.5. The average molecular weight is 338 g/mol. The molecule has 2 aliphatic rings. The number of hydrogen-bond donors (Lipinski definition) is 3. The summed E-state index contributed by atoms with van der Waals surface area (Å²) < 4.78 is 5.21. The molecule has 0 saturated heterocycles. The molecule has 1 fully saturated rings. The molecule has 6 heteroatoms. The van der Waals surface area contributed by atoms with Gasteiger partial charge in [0, 0.05) is 0 Å². The number of esters is 1. The van der Waals surface area contributed by atoms with E-state index in [-0.39, 0.29) is 18.0 Å². The molecule has 24 heavy (non-hydrogen) atoms. The minimum atomic E-state index is -0.321. The van der Waals surface area contributed by atoms with Crippen LogP contribution < -0.4 is 16.0 Å². The smallest absolute Gasteiger partial charge is 0.338 e. The lowest BCUT2D eigenvalue weighted by atomic mass is 9.96. The number of ether oxygens (including phenoxy) is 1. The van der Waals surface area contributed by atoms with E-state index in [2.05, 4.69) is 16.0 Å². The zero-order valence-corrected chi connectivity index (χ0v) is 15.0. The maximum absolute atomic E-state index is 12.4. The van der Waals surface area contributed by atoms with E-state index in [1.165, 1.54) is 44.9 Å². The van der Waals surface area contributed by atoms with Crippen molar-refractivity contribution in [2.45, 2.75) is 77.3 Å². The lowest BCUT2D eigenvalue weighted by Crippen LogP contribution is -2.91. The first-order valence-corrected chi connectivity index (χ1v) is 9.46. The number of carbonyl (C=O) groups excluding carboxylic acids is 2. The Labute approximate surface area is 144 Å². The van der Waals surface area contributed by atoms with Crippen LogP contribution in [0.3, 0.4) is 0 Å². The Bertz CT molecular complexity index is 468. The summed E-state index contributed by atoms with van der Waals surface area (Å²) >= 11 is 0. The second-order valence-electron chi connectivity index (χ2n) is 6.72. The van der Waals surface area contributed by atoms with Gasteiger partial charge in [-0.2, -0.15) is 0 Å². The molecule has 1 atom stereocenters. The largest absolute Gasteiger partial charge is 0.463 e. The number of carbonyl (C=O) groups is 2. The molecule has 2 rings (SSSR count). The van der Waals surface area contributed by atoms with E-state index >= 15 is 0 Å². The summed E-state index contributed by atoms with van der Waals surface area (Å²) in [6.45, 7) is 4.73. The van der Waals surface area contributed by atoms with Gasteiger partial charge in [0.1, 0.15) is 6.54 Å². The summed E-state index contributed by atoms with van der Waals surface area (Å²) in [4.78, 5) is 24.2. The normalized spacial score (nSPS) is 23.1. The van der Waals surface area contributed by atoms with Crippen LogP contribution in [0.1, 0.15) is 65.2 Å². The molecule has 6 nitrogen and oxygen atoms in total. The van der Waals surface area contributed by atoms with Gasteiger partial charge in [-0.3, -0.25) is 0 Å². The van der Waals surface area contributed by atoms with E-state index in [9.17, 15) is 9.59 Å². The first-order chi connectivity index (χ1) is 11.7. The van der Waals surface area contributed by atoms with Crippen molar-refractivity contribution >= 4 is 12.0 Å². The maximum atomic E-state index is 12.4. The first kappa shape index (κ1) is 18.8. The van der Waals surface area contributed by atoms with Gasteiger partial charge in [-0.15, -0.1) is 0 Å². The number of nitrogens with one attached hydrogen (secondary N) is 2. The van der Waals surface area contributed by atoms with Gasteiger partial charge in [0.25, 0.3) is 0 Å². The number of quaternary nitrogens is 1. The van der Waals surface area contributed by atoms with Gasteiger partial charge in [-0.1, -0.05) is 26.2 Å². The maximum Gasteiger partial charge on any atom is 0.338 e. The summed E-state index contributed by atoms with van der Waals surface area (Å²) in [5.41, 5.74) is 1.30. The Kier molecular flexibility index (Phi) is 7.56. The Morgan fingerprint density at radius 3 is 2.46 bits per heavy atom. The van der Waals surface area contributed by atoms with Gasteiger partial charge in [0.15, 0.2) is 0 Å². The highest BCUT2D eigenvalue weighted by Gasteiger charge is 2.32. The van der Waals surface area contributed by atoms with Gasteiger partial charge in [-0.05, 0) is 39.0 Å². The van der Waals surface area contributed by atoms with Crippen molar-refractivity contribution in [1.29, 1.82) is 0 Å². The van der Waals surface area contributed by atoms with Gasteiger partial charge in [-0.25, -0.2) is 9.59 Å². The highest BCUT2D eigenvalue weighted by molar-refractivity contribution is 5.94. The molecule has 0 aromatic carbocycles. The molecule has 0 unspecified atom stereocenters. The molecule has 1 saturated carbocycles. The minimum absolute atomic E-state index is 0.226. The van der Waals surface area contributed by atoms with Crippen LogP contribution in [0.15, 0.2) is 11.3 Å². The molecule has 1 aliphatic carbocycles. The average Bonchev–Trinajstić information content (AvgIpc) is 2.53. The van der Waals surface area contributed by atoms with Gasteiger partial charge in [0.05, 0.1) is 30.0 Å². The first-order valence-electron chi connectivity index (χ1n) is 9.46. The Morgan fingerprint density at radius 1 is 1.17 bits per heavy atom. The third-order valence-corrected chi connectivity index (χ3v) is 4.95. The van der Waals surface area contributed by atoms with Crippen LogP contribution in [-0.2, 0) is 9.53 Å². The fourth-order valence-corrected chi connectivity index (χ4v) is 3.63. The van der Waals surface area contributed by atoms with Crippen molar-refractivity contribution in [1.82, 2.24) is 10.6 Å².